The van der Waals surface area contributed by atoms with E-state index in [-0.39, 0.29) is 23.3 Å². The molecule has 2 amide bonds. The molecular weight excluding hydrogens is 404 g/mol. The number of primary sulfonamides is 1. The monoisotopic (exact) mass is 425 g/mol. The Morgan fingerprint density at radius 3 is 2.29 bits per heavy atom. The number of halogens is 1. The standard InChI is InChI=1S/C18H21ClN4O4S/c1-12(18(25)21-13-7-9-14(10-8-13)28(20,26)27)23(2)11-17(24)22-16-6-4-3-5-15(16)19/h3-10,12H,11H2,1-2H3,(H,21,25)(H,22,24)(H2,20,26,27)/p+1/t12-/m1/s1. The van der Waals surface area contributed by atoms with Gasteiger partial charge in [0, 0.05) is 5.69 Å². The molecule has 0 aliphatic rings. The number of para-hydroxylation sites is 1. The van der Waals surface area contributed by atoms with Crippen LogP contribution in [0.25, 0.3) is 0 Å². The smallest absolute Gasteiger partial charge is 0.282 e. The molecule has 2 aromatic rings. The Morgan fingerprint density at radius 1 is 1.11 bits per heavy atom. The molecule has 0 radical (unpaired) electrons. The van der Waals surface area contributed by atoms with Gasteiger partial charge in [-0.25, -0.2) is 13.6 Å². The summed E-state index contributed by atoms with van der Waals surface area (Å²) < 4.78 is 22.5. The lowest BCUT2D eigenvalue weighted by Crippen LogP contribution is -3.14. The maximum atomic E-state index is 12.4. The maximum absolute atomic E-state index is 12.4. The third-order valence-electron chi connectivity index (χ3n) is 4.17. The van der Waals surface area contributed by atoms with Crippen molar-refractivity contribution in [1.29, 1.82) is 0 Å². The van der Waals surface area contributed by atoms with Crippen LogP contribution < -0.4 is 20.7 Å². The third kappa shape index (κ3) is 6.03. The number of hydrogen-bond donors (Lipinski definition) is 4. The number of carbonyl (C=O) groups is 2. The zero-order chi connectivity index (χ0) is 20.9. The highest BCUT2D eigenvalue weighted by molar-refractivity contribution is 7.89. The minimum absolute atomic E-state index is 0.0439. The summed E-state index contributed by atoms with van der Waals surface area (Å²) in [5, 5.41) is 10.9. The number of carbonyl (C=O) groups excluding carboxylic acids is 2. The normalized spacial score (nSPS) is 13.4. The highest BCUT2D eigenvalue weighted by atomic mass is 35.5. The van der Waals surface area contributed by atoms with Crippen LogP contribution in [0, 0.1) is 0 Å². The molecule has 5 N–H and O–H groups in total. The van der Waals surface area contributed by atoms with Crippen molar-refractivity contribution in [3.8, 4) is 0 Å². The molecule has 0 aromatic heterocycles. The van der Waals surface area contributed by atoms with Crippen molar-refractivity contribution in [2.45, 2.75) is 17.9 Å². The number of rotatable bonds is 7. The van der Waals surface area contributed by atoms with E-state index in [9.17, 15) is 18.0 Å². The Labute approximate surface area is 168 Å². The average molecular weight is 426 g/mol. The molecule has 0 bridgehead atoms. The van der Waals surface area contributed by atoms with Gasteiger partial charge in [0.15, 0.2) is 12.6 Å². The van der Waals surface area contributed by atoms with Gasteiger partial charge in [-0.05, 0) is 43.3 Å². The van der Waals surface area contributed by atoms with Gasteiger partial charge < -0.3 is 15.5 Å². The lowest BCUT2D eigenvalue weighted by Gasteiger charge is -2.20. The number of anilines is 2. The SMILES string of the molecule is C[C@H](C(=O)Nc1ccc(S(N)(=O)=O)cc1)[NH+](C)CC(=O)Nc1ccccc1Cl. The van der Waals surface area contributed by atoms with E-state index in [2.05, 4.69) is 10.6 Å². The van der Waals surface area contributed by atoms with Gasteiger partial charge in [0.2, 0.25) is 10.0 Å². The molecule has 0 saturated carbocycles. The molecule has 0 spiro atoms. The minimum atomic E-state index is -3.79. The highest BCUT2D eigenvalue weighted by Gasteiger charge is 2.24. The number of sulfonamides is 1. The number of nitrogens with two attached hydrogens (primary N) is 1. The summed E-state index contributed by atoms with van der Waals surface area (Å²) in [6.45, 7) is 1.75. The van der Waals surface area contributed by atoms with Gasteiger partial charge in [0.1, 0.15) is 0 Å². The minimum Gasteiger partial charge on any atom is -0.321 e. The second kappa shape index (κ2) is 9.16. The quantitative estimate of drug-likeness (QED) is 0.514. The predicted molar refractivity (Wildman–Crippen MR) is 108 cm³/mol. The van der Waals surface area contributed by atoms with E-state index < -0.39 is 16.1 Å². The van der Waals surface area contributed by atoms with Crippen LogP contribution in [0.3, 0.4) is 0 Å². The van der Waals surface area contributed by atoms with Crippen molar-refractivity contribution in [2.24, 2.45) is 5.14 Å². The summed E-state index contributed by atoms with van der Waals surface area (Å²) in [5.74, 6) is -0.589. The first-order chi connectivity index (χ1) is 13.1. The molecule has 2 atom stereocenters. The zero-order valence-electron chi connectivity index (χ0n) is 15.4. The van der Waals surface area contributed by atoms with Crippen LogP contribution in [0.1, 0.15) is 6.92 Å². The van der Waals surface area contributed by atoms with E-state index in [1.807, 2.05) is 0 Å². The van der Waals surface area contributed by atoms with Crippen molar-refractivity contribution in [3.63, 3.8) is 0 Å². The van der Waals surface area contributed by atoms with Crippen LogP contribution in [0.5, 0.6) is 0 Å². The van der Waals surface area contributed by atoms with Crippen LogP contribution in [0.15, 0.2) is 53.4 Å². The summed E-state index contributed by atoms with van der Waals surface area (Å²) >= 11 is 6.02. The molecule has 10 heteroatoms. The fourth-order valence-corrected chi connectivity index (χ4v) is 3.06. The third-order valence-corrected chi connectivity index (χ3v) is 5.43. The largest absolute Gasteiger partial charge is 0.321 e. The molecule has 28 heavy (non-hydrogen) atoms. The average Bonchev–Trinajstić information content (AvgIpc) is 2.62. The molecule has 8 nitrogen and oxygen atoms in total. The Bertz CT molecular complexity index is 964. The molecule has 2 aromatic carbocycles. The molecular formula is C18H22ClN4O4S+. The Morgan fingerprint density at radius 2 is 1.71 bits per heavy atom. The van der Waals surface area contributed by atoms with Crippen molar-refractivity contribution < 1.29 is 22.9 Å². The van der Waals surface area contributed by atoms with Crippen molar-refractivity contribution in [3.05, 3.63) is 53.6 Å². The van der Waals surface area contributed by atoms with Crippen molar-refractivity contribution in [2.75, 3.05) is 24.2 Å². The predicted octanol–water partition coefficient (Wildman–Crippen LogP) is 0.468. The molecule has 0 aliphatic carbocycles. The lowest BCUT2D eigenvalue weighted by molar-refractivity contribution is -0.885. The van der Waals surface area contributed by atoms with E-state index in [0.717, 1.165) is 0 Å². The Hall–Kier alpha value is -2.46. The summed E-state index contributed by atoms with van der Waals surface area (Å²) in [7, 11) is -2.07. The number of nitrogens with one attached hydrogen (secondary N) is 3. The Balaban J connectivity index is 1.93. The second-order valence-corrected chi connectivity index (χ2v) is 8.30. The van der Waals surface area contributed by atoms with E-state index in [1.165, 1.54) is 24.3 Å². The van der Waals surface area contributed by atoms with Crippen LogP contribution in [0.4, 0.5) is 11.4 Å². The molecule has 150 valence electrons. The fourth-order valence-electron chi connectivity index (χ4n) is 2.37. The van der Waals surface area contributed by atoms with Gasteiger partial charge in [0.05, 0.1) is 22.7 Å². The molecule has 0 heterocycles. The first kappa shape index (κ1) is 21.8. The summed E-state index contributed by atoms with van der Waals surface area (Å²) in [6.07, 6.45) is 0. The van der Waals surface area contributed by atoms with Crippen molar-refractivity contribution >= 4 is 44.8 Å². The Kier molecular flexibility index (Phi) is 7.14. The van der Waals surface area contributed by atoms with Gasteiger partial charge in [-0.15, -0.1) is 0 Å². The van der Waals surface area contributed by atoms with Crippen LogP contribution in [-0.2, 0) is 19.6 Å². The zero-order valence-corrected chi connectivity index (χ0v) is 17.0. The van der Waals surface area contributed by atoms with Crippen molar-refractivity contribution in [1.82, 2.24) is 0 Å². The summed E-state index contributed by atoms with van der Waals surface area (Å²) in [4.78, 5) is 25.2. The van der Waals surface area contributed by atoms with E-state index in [1.54, 1.807) is 38.2 Å². The van der Waals surface area contributed by atoms with Gasteiger partial charge in [-0.3, -0.25) is 9.59 Å². The van der Waals surface area contributed by atoms with E-state index in [0.29, 0.717) is 21.3 Å². The maximum Gasteiger partial charge on any atom is 0.282 e. The van der Waals surface area contributed by atoms with Crippen LogP contribution in [0.2, 0.25) is 5.02 Å². The first-order valence-electron chi connectivity index (χ1n) is 8.38. The van der Waals surface area contributed by atoms with Gasteiger partial charge >= 0.3 is 0 Å². The van der Waals surface area contributed by atoms with Gasteiger partial charge in [-0.1, -0.05) is 23.7 Å². The van der Waals surface area contributed by atoms with Crippen LogP contribution in [-0.4, -0.2) is 39.9 Å². The highest BCUT2D eigenvalue weighted by Crippen LogP contribution is 2.19. The molecule has 1 unspecified atom stereocenters. The molecule has 0 aliphatic heterocycles. The van der Waals surface area contributed by atoms with E-state index in [4.69, 9.17) is 16.7 Å². The number of quaternary nitrogens is 1. The number of amides is 2. The van der Waals surface area contributed by atoms with E-state index >= 15 is 0 Å². The fraction of sp³-hybridized carbons (Fsp3) is 0.222. The summed E-state index contributed by atoms with van der Waals surface area (Å²) in [6, 6.07) is 11.9. The van der Waals surface area contributed by atoms with Gasteiger partial charge in [-0.2, -0.15) is 0 Å². The van der Waals surface area contributed by atoms with Gasteiger partial charge in [0.25, 0.3) is 11.8 Å². The van der Waals surface area contributed by atoms with Crippen LogP contribution >= 0.6 is 11.6 Å². The number of benzene rings is 2. The summed E-state index contributed by atoms with van der Waals surface area (Å²) in [5.41, 5.74) is 0.937. The topological polar surface area (TPSA) is 123 Å². The second-order valence-electron chi connectivity index (χ2n) is 6.33. The molecule has 2 rings (SSSR count). The number of likely N-dealkylation sites (N-methyl/N-ethyl adjacent to an activating group) is 1. The lowest BCUT2D eigenvalue weighted by atomic mass is 10.2. The first-order valence-corrected chi connectivity index (χ1v) is 10.3. The number of hydrogen-bond acceptors (Lipinski definition) is 4. The molecule has 0 saturated heterocycles. The molecule has 0 fully saturated rings.